The molecule has 0 aliphatic heterocycles. The fourth-order valence-corrected chi connectivity index (χ4v) is 2.54. The molecule has 0 unspecified atom stereocenters. The number of nitrogens with one attached hydrogen (secondary N) is 2. The molecule has 2 aromatic rings. The molecule has 0 saturated carbocycles. The van der Waals surface area contributed by atoms with Crippen molar-refractivity contribution in [1.82, 2.24) is 10.6 Å². The van der Waals surface area contributed by atoms with E-state index >= 15 is 0 Å². The number of ether oxygens (including phenoxy) is 1. The van der Waals surface area contributed by atoms with Gasteiger partial charge in [0.05, 0.1) is 7.11 Å². The van der Waals surface area contributed by atoms with Crippen LogP contribution in [0.3, 0.4) is 0 Å². The summed E-state index contributed by atoms with van der Waals surface area (Å²) in [6.07, 6.45) is 1.58. The summed E-state index contributed by atoms with van der Waals surface area (Å²) < 4.78 is 5.20. The smallest absolute Gasteiger partial charge is 0.251 e. The van der Waals surface area contributed by atoms with Crippen molar-refractivity contribution in [2.75, 3.05) is 20.2 Å². The first kappa shape index (κ1) is 18.7. The number of carbonyl (C=O) groups is 2. The largest absolute Gasteiger partial charge is 0.497 e. The Bertz CT molecular complexity index is 729. The van der Waals surface area contributed by atoms with Crippen molar-refractivity contribution < 1.29 is 14.3 Å². The molecule has 5 nitrogen and oxygen atoms in total. The lowest BCUT2D eigenvalue weighted by Crippen LogP contribution is -2.27. The second-order valence-corrected chi connectivity index (χ2v) is 5.89. The number of aryl methyl sites for hydroxylation is 1. The fraction of sp³-hybridized carbons (Fsp3) is 0.300. The summed E-state index contributed by atoms with van der Waals surface area (Å²) in [6.45, 7) is 4.00. The molecule has 0 radical (unpaired) electrons. The van der Waals surface area contributed by atoms with Crippen LogP contribution in [0, 0.1) is 6.92 Å². The van der Waals surface area contributed by atoms with Gasteiger partial charge in [0, 0.05) is 24.2 Å². The Labute approximate surface area is 148 Å². The maximum atomic E-state index is 12.1. The van der Waals surface area contributed by atoms with Gasteiger partial charge in [0.25, 0.3) is 5.91 Å². The number of hydrogen-bond acceptors (Lipinski definition) is 4. The Hall–Kier alpha value is -2.66. The van der Waals surface area contributed by atoms with Crippen LogP contribution in [-0.2, 0) is 6.54 Å². The van der Waals surface area contributed by atoms with Gasteiger partial charge in [0.2, 0.25) is 0 Å². The molecule has 2 rings (SSSR count). The van der Waals surface area contributed by atoms with E-state index in [0.29, 0.717) is 17.7 Å². The average molecular weight is 340 g/mol. The van der Waals surface area contributed by atoms with E-state index in [1.807, 2.05) is 31.2 Å². The molecule has 0 fully saturated rings. The SMILES string of the molecule is COc1cccc(CNCCCNC(=O)c2cc(C)cc(C=O)c2)c1. The van der Waals surface area contributed by atoms with Crippen LogP contribution >= 0.6 is 0 Å². The topological polar surface area (TPSA) is 67.4 Å². The number of methoxy groups -OCH3 is 1. The van der Waals surface area contributed by atoms with Gasteiger partial charge in [-0.25, -0.2) is 0 Å². The van der Waals surface area contributed by atoms with E-state index in [9.17, 15) is 9.59 Å². The van der Waals surface area contributed by atoms with Gasteiger partial charge in [-0.3, -0.25) is 9.59 Å². The van der Waals surface area contributed by atoms with E-state index in [4.69, 9.17) is 4.74 Å². The van der Waals surface area contributed by atoms with Crippen molar-refractivity contribution in [1.29, 1.82) is 0 Å². The number of benzene rings is 2. The van der Waals surface area contributed by atoms with Crippen LogP contribution < -0.4 is 15.4 Å². The summed E-state index contributed by atoms with van der Waals surface area (Å²) in [4.78, 5) is 23.0. The van der Waals surface area contributed by atoms with Crippen LogP contribution in [0.1, 0.15) is 38.3 Å². The highest BCUT2D eigenvalue weighted by Crippen LogP contribution is 2.12. The first-order valence-electron chi connectivity index (χ1n) is 8.31. The lowest BCUT2D eigenvalue weighted by atomic mass is 10.1. The van der Waals surface area contributed by atoms with Crippen molar-refractivity contribution >= 4 is 12.2 Å². The molecule has 0 saturated heterocycles. The molecule has 5 heteroatoms. The van der Waals surface area contributed by atoms with E-state index in [-0.39, 0.29) is 5.91 Å². The van der Waals surface area contributed by atoms with Gasteiger partial charge >= 0.3 is 0 Å². The minimum atomic E-state index is -0.153. The monoisotopic (exact) mass is 340 g/mol. The summed E-state index contributed by atoms with van der Waals surface area (Å²) in [5.41, 5.74) is 3.09. The van der Waals surface area contributed by atoms with Gasteiger partial charge in [-0.05, 0) is 61.3 Å². The zero-order valence-corrected chi connectivity index (χ0v) is 14.7. The molecule has 0 atom stereocenters. The number of rotatable bonds is 9. The van der Waals surface area contributed by atoms with Crippen LogP contribution in [-0.4, -0.2) is 32.4 Å². The normalized spacial score (nSPS) is 10.3. The highest BCUT2D eigenvalue weighted by molar-refractivity contribution is 5.96. The van der Waals surface area contributed by atoms with Gasteiger partial charge < -0.3 is 15.4 Å². The molecule has 0 aliphatic carbocycles. The molecule has 0 aliphatic rings. The predicted octanol–water partition coefficient (Wildman–Crippen LogP) is 2.73. The molecule has 1 amide bonds. The lowest BCUT2D eigenvalue weighted by Gasteiger charge is -2.08. The van der Waals surface area contributed by atoms with Crippen LogP contribution in [0.4, 0.5) is 0 Å². The van der Waals surface area contributed by atoms with Crippen LogP contribution in [0.15, 0.2) is 42.5 Å². The summed E-state index contributed by atoms with van der Waals surface area (Å²) >= 11 is 0. The summed E-state index contributed by atoms with van der Waals surface area (Å²) in [5, 5.41) is 6.22. The Kier molecular flexibility index (Phi) is 7.16. The number of aldehydes is 1. The molecule has 25 heavy (non-hydrogen) atoms. The van der Waals surface area contributed by atoms with Crippen molar-refractivity contribution in [3.8, 4) is 5.75 Å². The molecule has 0 bridgehead atoms. The third-order valence-electron chi connectivity index (χ3n) is 3.78. The predicted molar refractivity (Wildman–Crippen MR) is 98.2 cm³/mol. The quantitative estimate of drug-likeness (QED) is 0.544. The van der Waals surface area contributed by atoms with Crippen molar-refractivity contribution in [2.45, 2.75) is 19.9 Å². The molecular weight excluding hydrogens is 316 g/mol. The lowest BCUT2D eigenvalue weighted by molar-refractivity contribution is 0.0953. The minimum Gasteiger partial charge on any atom is -0.497 e. The highest BCUT2D eigenvalue weighted by Gasteiger charge is 2.06. The third-order valence-corrected chi connectivity index (χ3v) is 3.78. The first-order valence-corrected chi connectivity index (χ1v) is 8.31. The van der Waals surface area contributed by atoms with Gasteiger partial charge in [-0.15, -0.1) is 0 Å². The molecule has 0 aromatic heterocycles. The van der Waals surface area contributed by atoms with Crippen LogP contribution in [0.2, 0.25) is 0 Å². The zero-order valence-electron chi connectivity index (χ0n) is 14.7. The molecule has 2 aromatic carbocycles. The summed E-state index contributed by atoms with van der Waals surface area (Å²) in [6, 6.07) is 13.1. The Balaban J connectivity index is 1.69. The summed E-state index contributed by atoms with van der Waals surface area (Å²) in [7, 11) is 1.65. The third kappa shape index (κ3) is 6.04. The van der Waals surface area contributed by atoms with Gasteiger partial charge in [0.1, 0.15) is 12.0 Å². The standard InChI is InChI=1S/C20H24N2O3/c1-15-9-17(14-23)11-18(10-15)20(24)22-8-4-7-21-13-16-5-3-6-19(12-16)25-2/h3,5-6,9-12,14,21H,4,7-8,13H2,1-2H3,(H,22,24). The van der Waals surface area contributed by atoms with E-state index < -0.39 is 0 Å². The van der Waals surface area contributed by atoms with E-state index in [0.717, 1.165) is 42.7 Å². The van der Waals surface area contributed by atoms with Gasteiger partial charge in [-0.2, -0.15) is 0 Å². The van der Waals surface area contributed by atoms with E-state index in [1.165, 1.54) is 0 Å². The second-order valence-electron chi connectivity index (χ2n) is 5.89. The Morgan fingerprint density at radius 2 is 2.00 bits per heavy atom. The van der Waals surface area contributed by atoms with Crippen molar-refractivity contribution in [3.63, 3.8) is 0 Å². The van der Waals surface area contributed by atoms with Crippen molar-refractivity contribution in [2.24, 2.45) is 0 Å². The van der Waals surface area contributed by atoms with Crippen LogP contribution in [0.5, 0.6) is 5.75 Å². The number of amides is 1. The van der Waals surface area contributed by atoms with Crippen molar-refractivity contribution in [3.05, 3.63) is 64.7 Å². The van der Waals surface area contributed by atoms with E-state index in [1.54, 1.807) is 25.3 Å². The fourth-order valence-electron chi connectivity index (χ4n) is 2.54. The molecule has 2 N–H and O–H groups in total. The maximum absolute atomic E-state index is 12.1. The van der Waals surface area contributed by atoms with Crippen LogP contribution in [0.25, 0.3) is 0 Å². The minimum absolute atomic E-state index is 0.153. The molecule has 132 valence electrons. The second kappa shape index (κ2) is 9.59. The molecule has 0 spiro atoms. The number of hydrogen-bond donors (Lipinski definition) is 2. The zero-order chi connectivity index (χ0) is 18.1. The molecule has 0 heterocycles. The average Bonchev–Trinajstić information content (AvgIpc) is 2.63. The Morgan fingerprint density at radius 1 is 1.16 bits per heavy atom. The van der Waals surface area contributed by atoms with E-state index in [2.05, 4.69) is 10.6 Å². The van der Waals surface area contributed by atoms with Gasteiger partial charge in [0.15, 0.2) is 0 Å². The summed E-state index contributed by atoms with van der Waals surface area (Å²) in [5.74, 6) is 0.694. The first-order chi connectivity index (χ1) is 12.1. The highest BCUT2D eigenvalue weighted by atomic mass is 16.5. The number of carbonyl (C=O) groups excluding carboxylic acids is 2. The maximum Gasteiger partial charge on any atom is 0.251 e. The van der Waals surface area contributed by atoms with Gasteiger partial charge in [-0.1, -0.05) is 12.1 Å². The molecular formula is C20H24N2O3. The Morgan fingerprint density at radius 3 is 2.76 bits per heavy atom.